The van der Waals surface area contributed by atoms with E-state index < -0.39 is 0 Å². The third-order valence-electron chi connectivity index (χ3n) is 4.01. The molecule has 0 saturated carbocycles. The zero-order valence-corrected chi connectivity index (χ0v) is 16.3. The zero-order chi connectivity index (χ0) is 19.9. The van der Waals surface area contributed by atoms with Gasteiger partial charge in [0.15, 0.2) is 0 Å². The van der Waals surface area contributed by atoms with Crippen LogP contribution in [0, 0.1) is 0 Å². The summed E-state index contributed by atoms with van der Waals surface area (Å²) in [6.45, 7) is 6.43. The number of para-hydroxylation sites is 3. The number of carbonyl (C=O) groups excluding carboxylic acids is 1. The van der Waals surface area contributed by atoms with Crippen LogP contribution in [0.3, 0.4) is 0 Å². The minimum Gasteiger partial charge on any atom is -0.489 e. The van der Waals surface area contributed by atoms with Gasteiger partial charge in [0.05, 0.1) is 24.2 Å². The fourth-order valence-corrected chi connectivity index (χ4v) is 2.76. The highest BCUT2D eigenvalue weighted by Crippen LogP contribution is 2.27. The van der Waals surface area contributed by atoms with Crippen molar-refractivity contribution in [3.8, 4) is 5.75 Å². The largest absolute Gasteiger partial charge is 0.489 e. The van der Waals surface area contributed by atoms with Gasteiger partial charge in [0.2, 0.25) is 0 Å². The first kappa shape index (κ1) is 19.4. The summed E-state index contributed by atoms with van der Waals surface area (Å²) in [5.41, 5.74) is 1.92. The first-order valence-corrected chi connectivity index (χ1v) is 9.30. The number of carbonyl (C=O) groups is 1. The van der Waals surface area contributed by atoms with Gasteiger partial charge in [-0.2, -0.15) is 0 Å². The molecule has 0 bridgehead atoms. The van der Waals surface area contributed by atoms with Crippen molar-refractivity contribution in [3.63, 3.8) is 0 Å². The third-order valence-corrected chi connectivity index (χ3v) is 4.01. The highest BCUT2D eigenvalue weighted by molar-refractivity contribution is 6.04. The van der Waals surface area contributed by atoms with Gasteiger partial charge in [0.1, 0.15) is 17.3 Å². The Bertz CT molecular complexity index is 911. The zero-order valence-electron chi connectivity index (χ0n) is 16.3. The maximum absolute atomic E-state index is 12.8. The summed E-state index contributed by atoms with van der Waals surface area (Å²) in [5, 5.41) is 3.20. The van der Waals surface area contributed by atoms with Crippen molar-refractivity contribution in [2.24, 2.45) is 0 Å². The molecule has 2 aromatic carbocycles. The molecule has 0 spiro atoms. The van der Waals surface area contributed by atoms with E-state index >= 15 is 0 Å². The van der Waals surface area contributed by atoms with Crippen molar-refractivity contribution in [1.29, 1.82) is 0 Å². The number of amides is 1. The Hall–Kier alpha value is -3.41. The summed E-state index contributed by atoms with van der Waals surface area (Å²) in [7, 11) is 0. The number of rotatable bonds is 7. The van der Waals surface area contributed by atoms with Gasteiger partial charge in [0.25, 0.3) is 5.91 Å². The first-order chi connectivity index (χ1) is 13.6. The molecule has 3 rings (SSSR count). The van der Waals surface area contributed by atoms with Crippen LogP contribution in [-0.4, -0.2) is 28.5 Å². The Morgan fingerprint density at radius 3 is 2.39 bits per heavy atom. The average molecular weight is 376 g/mol. The number of hydrogen-bond donors (Lipinski definition) is 1. The van der Waals surface area contributed by atoms with Gasteiger partial charge in [0, 0.05) is 12.2 Å². The van der Waals surface area contributed by atoms with Gasteiger partial charge in [-0.25, -0.2) is 9.97 Å². The quantitative estimate of drug-likeness (QED) is 0.649. The summed E-state index contributed by atoms with van der Waals surface area (Å²) in [5.74, 6) is 1.09. The van der Waals surface area contributed by atoms with Gasteiger partial charge < -0.3 is 15.0 Å². The predicted molar refractivity (Wildman–Crippen MR) is 111 cm³/mol. The molecule has 6 heteroatoms. The van der Waals surface area contributed by atoms with Crippen molar-refractivity contribution >= 4 is 23.1 Å². The van der Waals surface area contributed by atoms with E-state index in [0.29, 0.717) is 18.1 Å². The van der Waals surface area contributed by atoms with Crippen molar-refractivity contribution in [1.82, 2.24) is 9.97 Å². The van der Waals surface area contributed by atoms with Crippen LogP contribution < -0.4 is 15.0 Å². The van der Waals surface area contributed by atoms with Crippen LogP contribution in [0.5, 0.6) is 5.75 Å². The Morgan fingerprint density at radius 1 is 1.04 bits per heavy atom. The second-order valence-electron chi connectivity index (χ2n) is 6.46. The molecular formula is C22H24N4O2. The molecule has 144 valence electrons. The van der Waals surface area contributed by atoms with Gasteiger partial charge in [-0.15, -0.1) is 0 Å². The average Bonchev–Trinajstić information content (AvgIpc) is 2.71. The van der Waals surface area contributed by atoms with Crippen LogP contribution >= 0.6 is 0 Å². The van der Waals surface area contributed by atoms with Gasteiger partial charge in [-0.3, -0.25) is 4.79 Å². The molecule has 0 aliphatic rings. The standard InChI is InChI=1S/C22H24N4O2/c1-4-26(17-10-6-5-7-11-17)22(27)19-14-24-21(15-23-19)25-18-12-8-9-13-20(18)28-16(2)3/h5-16H,4H2,1-3H3,(H,24,25). The second kappa shape index (κ2) is 8.99. The first-order valence-electron chi connectivity index (χ1n) is 9.30. The normalized spacial score (nSPS) is 10.6. The number of anilines is 3. The molecule has 0 fully saturated rings. The summed E-state index contributed by atoms with van der Waals surface area (Å²) in [6, 6.07) is 17.2. The lowest BCUT2D eigenvalue weighted by Gasteiger charge is -2.20. The Labute approximate surface area is 165 Å². The molecule has 28 heavy (non-hydrogen) atoms. The van der Waals surface area contributed by atoms with Crippen LogP contribution in [0.2, 0.25) is 0 Å². The SMILES string of the molecule is CCN(C(=O)c1cnc(Nc2ccccc2OC(C)C)cn1)c1ccccc1. The molecule has 0 unspecified atom stereocenters. The minimum absolute atomic E-state index is 0.0621. The minimum atomic E-state index is -0.184. The molecule has 0 saturated heterocycles. The van der Waals surface area contributed by atoms with Crippen LogP contribution in [0.15, 0.2) is 67.0 Å². The third kappa shape index (κ3) is 4.65. The molecule has 0 atom stereocenters. The van der Waals surface area contributed by atoms with E-state index in [1.165, 1.54) is 6.20 Å². The van der Waals surface area contributed by atoms with E-state index in [-0.39, 0.29) is 12.0 Å². The van der Waals surface area contributed by atoms with Crippen molar-refractivity contribution in [2.45, 2.75) is 26.9 Å². The maximum Gasteiger partial charge on any atom is 0.278 e. The molecule has 0 aliphatic heterocycles. The number of benzene rings is 2. The number of aromatic nitrogens is 2. The van der Waals surface area contributed by atoms with Gasteiger partial charge in [-0.05, 0) is 45.0 Å². The molecular weight excluding hydrogens is 352 g/mol. The van der Waals surface area contributed by atoms with Crippen LogP contribution in [0.25, 0.3) is 0 Å². The Morgan fingerprint density at radius 2 is 1.75 bits per heavy atom. The maximum atomic E-state index is 12.8. The highest BCUT2D eigenvalue weighted by atomic mass is 16.5. The van der Waals surface area contributed by atoms with Crippen LogP contribution in [0.4, 0.5) is 17.2 Å². The summed E-state index contributed by atoms with van der Waals surface area (Å²) >= 11 is 0. The number of nitrogens with one attached hydrogen (secondary N) is 1. The van der Waals surface area contributed by atoms with Crippen molar-refractivity contribution < 1.29 is 9.53 Å². The smallest absolute Gasteiger partial charge is 0.278 e. The van der Waals surface area contributed by atoms with Crippen molar-refractivity contribution in [3.05, 3.63) is 72.7 Å². The van der Waals surface area contributed by atoms with Gasteiger partial charge >= 0.3 is 0 Å². The monoisotopic (exact) mass is 376 g/mol. The summed E-state index contributed by atoms with van der Waals surface area (Å²) in [4.78, 5) is 23.1. The molecule has 0 radical (unpaired) electrons. The molecule has 1 amide bonds. The van der Waals surface area contributed by atoms with E-state index in [2.05, 4.69) is 15.3 Å². The fourth-order valence-electron chi connectivity index (χ4n) is 2.76. The summed E-state index contributed by atoms with van der Waals surface area (Å²) in [6.07, 6.45) is 3.10. The predicted octanol–water partition coefficient (Wildman–Crippen LogP) is 4.67. The molecule has 1 heterocycles. The lowest BCUT2D eigenvalue weighted by molar-refractivity contribution is 0.0983. The van der Waals surface area contributed by atoms with E-state index in [4.69, 9.17) is 4.74 Å². The lowest BCUT2D eigenvalue weighted by Crippen LogP contribution is -2.31. The Kier molecular flexibility index (Phi) is 6.22. The van der Waals surface area contributed by atoms with E-state index in [0.717, 1.165) is 17.1 Å². The van der Waals surface area contributed by atoms with Crippen LogP contribution in [-0.2, 0) is 0 Å². The molecule has 1 aromatic heterocycles. The molecule has 6 nitrogen and oxygen atoms in total. The van der Waals surface area contributed by atoms with E-state index in [9.17, 15) is 4.79 Å². The van der Waals surface area contributed by atoms with Gasteiger partial charge in [-0.1, -0.05) is 30.3 Å². The molecule has 1 N–H and O–H groups in total. The van der Waals surface area contributed by atoms with E-state index in [1.807, 2.05) is 75.4 Å². The lowest BCUT2D eigenvalue weighted by atomic mass is 10.2. The topological polar surface area (TPSA) is 67.4 Å². The number of hydrogen-bond acceptors (Lipinski definition) is 5. The van der Waals surface area contributed by atoms with Crippen LogP contribution in [0.1, 0.15) is 31.3 Å². The molecule has 3 aromatic rings. The number of ether oxygens (including phenoxy) is 1. The number of nitrogens with zero attached hydrogens (tertiary/aromatic N) is 3. The van der Waals surface area contributed by atoms with E-state index in [1.54, 1.807) is 11.1 Å². The van der Waals surface area contributed by atoms with Crippen molar-refractivity contribution in [2.75, 3.05) is 16.8 Å². The summed E-state index contributed by atoms with van der Waals surface area (Å²) < 4.78 is 5.80. The second-order valence-corrected chi connectivity index (χ2v) is 6.46. The highest BCUT2D eigenvalue weighted by Gasteiger charge is 2.17. The molecule has 0 aliphatic carbocycles. The Balaban J connectivity index is 1.76. The fraction of sp³-hybridized carbons (Fsp3) is 0.227.